The molecule has 206 valence electrons. The largest absolute Gasteiger partial charge is 0.491 e. The van der Waals surface area contributed by atoms with Crippen LogP contribution in [0, 0.1) is 6.92 Å². The zero-order valence-electron chi connectivity index (χ0n) is 23.7. The fourth-order valence-electron chi connectivity index (χ4n) is 4.59. The van der Waals surface area contributed by atoms with Crippen molar-refractivity contribution < 1.29 is 14.6 Å². The van der Waals surface area contributed by atoms with Crippen LogP contribution in [0.3, 0.4) is 0 Å². The Hall–Kier alpha value is -3.36. The van der Waals surface area contributed by atoms with Gasteiger partial charge in [0.25, 0.3) is 5.91 Å². The summed E-state index contributed by atoms with van der Waals surface area (Å²) >= 11 is 0. The number of nitrogens with zero attached hydrogens (tertiary/aromatic N) is 4. The zero-order valence-corrected chi connectivity index (χ0v) is 23.7. The average molecular weight is 522 g/mol. The Labute approximate surface area is 227 Å². The lowest BCUT2D eigenvalue weighted by Gasteiger charge is -2.35. The van der Waals surface area contributed by atoms with Crippen LogP contribution in [-0.2, 0) is 7.05 Å². The predicted octanol–water partition coefficient (Wildman–Crippen LogP) is 4.43. The number of benzene rings is 2. The van der Waals surface area contributed by atoms with Crippen molar-refractivity contribution in [1.29, 1.82) is 0 Å². The first-order chi connectivity index (χ1) is 18.4. The van der Waals surface area contributed by atoms with E-state index in [1.807, 2.05) is 71.3 Å². The number of carbonyl (C=O) groups is 1. The molecule has 1 aliphatic rings. The number of hydrogen-bond acceptors (Lipinski definition) is 6. The van der Waals surface area contributed by atoms with Crippen molar-refractivity contribution in [3.05, 3.63) is 65.5 Å². The number of amides is 1. The van der Waals surface area contributed by atoms with Crippen molar-refractivity contribution in [2.24, 2.45) is 7.05 Å². The molecule has 1 fully saturated rings. The van der Waals surface area contributed by atoms with Crippen molar-refractivity contribution in [1.82, 2.24) is 20.0 Å². The Morgan fingerprint density at radius 1 is 1.11 bits per heavy atom. The van der Waals surface area contributed by atoms with Gasteiger partial charge < -0.3 is 25.0 Å². The number of carbonyl (C=O) groups excluding carboxylic acids is 1. The van der Waals surface area contributed by atoms with Crippen molar-refractivity contribution in [3.8, 4) is 16.9 Å². The summed E-state index contributed by atoms with van der Waals surface area (Å²) < 4.78 is 7.47. The molecule has 8 heteroatoms. The average Bonchev–Trinajstić information content (AvgIpc) is 3.39. The van der Waals surface area contributed by atoms with Gasteiger partial charge in [0.2, 0.25) is 0 Å². The topological polar surface area (TPSA) is 82.9 Å². The van der Waals surface area contributed by atoms with Gasteiger partial charge in [0.15, 0.2) is 0 Å². The highest BCUT2D eigenvalue weighted by Gasteiger charge is 2.20. The number of aryl methyl sites for hydroxylation is 2. The van der Waals surface area contributed by atoms with Crippen LogP contribution in [0.25, 0.3) is 11.1 Å². The molecular weight excluding hydrogens is 478 g/mol. The number of piperazine rings is 1. The summed E-state index contributed by atoms with van der Waals surface area (Å²) in [5, 5.41) is 16.7. The minimum Gasteiger partial charge on any atom is -0.491 e. The first-order valence-corrected chi connectivity index (χ1v) is 13.6. The SMILES string of the molecule is CC.CCN1CCN(c2ccc(C)c(C(=O)NC(C)c3cc(OCCO)cc(-c4cnn(C)c4)c3)c2)CC1. The molecular formula is C30H43N5O3. The second kappa shape index (κ2) is 14.0. The van der Waals surface area contributed by atoms with Crippen LogP contribution >= 0.6 is 0 Å². The van der Waals surface area contributed by atoms with E-state index in [9.17, 15) is 9.90 Å². The van der Waals surface area contributed by atoms with Gasteiger partial charge in [-0.2, -0.15) is 5.10 Å². The van der Waals surface area contributed by atoms with Gasteiger partial charge in [-0.15, -0.1) is 0 Å². The molecule has 8 nitrogen and oxygen atoms in total. The third-order valence-corrected chi connectivity index (χ3v) is 6.83. The molecule has 1 atom stereocenters. The molecule has 3 aromatic rings. The van der Waals surface area contributed by atoms with Crippen molar-refractivity contribution in [2.45, 2.75) is 40.7 Å². The van der Waals surface area contributed by atoms with Crippen molar-refractivity contribution >= 4 is 11.6 Å². The molecule has 0 aliphatic carbocycles. The van der Waals surface area contributed by atoms with Crippen LogP contribution in [-0.4, -0.2) is 71.6 Å². The van der Waals surface area contributed by atoms with Gasteiger partial charge in [0.05, 0.1) is 18.8 Å². The summed E-state index contributed by atoms with van der Waals surface area (Å²) in [6.45, 7) is 15.4. The van der Waals surface area contributed by atoms with E-state index in [-0.39, 0.29) is 25.2 Å². The number of likely N-dealkylation sites (N-methyl/N-ethyl adjacent to an activating group) is 1. The van der Waals surface area contributed by atoms with Crippen LogP contribution in [0.15, 0.2) is 48.8 Å². The number of aromatic nitrogens is 2. The number of nitrogens with one attached hydrogen (secondary N) is 1. The lowest BCUT2D eigenvalue weighted by molar-refractivity contribution is 0.0939. The predicted molar refractivity (Wildman–Crippen MR) is 154 cm³/mol. The lowest BCUT2D eigenvalue weighted by Crippen LogP contribution is -2.46. The molecule has 1 unspecified atom stereocenters. The van der Waals surface area contributed by atoms with Crippen LogP contribution in [0.4, 0.5) is 5.69 Å². The first kappa shape index (κ1) is 29.2. The zero-order chi connectivity index (χ0) is 27.7. The van der Waals surface area contributed by atoms with Crippen molar-refractivity contribution in [2.75, 3.05) is 50.8 Å². The molecule has 1 aliphatic heterocycles. The Kier molecular flexibility index (Phi) is 10.7. The van der Waals surface area contributed by atoms with Gasteiger partial charge in [-0.05, 0) is 67.4 Å². The number of anilines is 1. The van der Waals surface area contributed by atoms with E-state index in [1.54, 1.807) is 10.9 Å². The van der Waals surface area contributed by atoms with Crippen LogP contribution < -0.4 is 15.0 Å². The number of aliphatic hydroxyl groups is 1. The van der Waals surface area contributed by atoms with Gasteiger partial charge in [-0.25, -0.2) is 0 Å². The maximum atomic E-state index is 13.4. The first-order valence-electron chi connectivity index (χ1n) is 13.6. The molecule has 2 N–H and O–H groups in total. The van der Waals surface area contributed by atoms with Gasteiger partial charge in [-0.1, -0.05) is 26.8 Å². The van der Waals surface area contributed by atoms with E-state index in [0.717, 1.165) is 60.7 Å². The summed E-state index contributed by atoms with van der Waals surface area (Å²) in [6.07, 6.45) is 3.74. The molecule has 1 saturated heterocycles. The minimum atomic E-state index is -0.248. The standard InChI is InChI=1S/C28H37N5O3.C2H6/c1-5-32-8-10-33(11-9-32)25-7-6-20(2)27(17-25)28(35)30-21(3)22-14-23(24-18-29-31(4)19-24)16-26(15-22)36-13-12-34;1-2/h6-7,14-19,21,34H,5,8-13H2,1-4H3,(H,30,35);1-2H3. The van der Waals surface area contributed by atoms with E-state index in [0.29, 0.717) is 11.3 Å². The summed E-state index contributed by atoms with van der Waals surface area (Å²) in [6, 6.07) is 11.8. The number of ether oxygens (including phenoxy) is 1. The van der Waals surface area contributed by atoms with E-state index in [1.165, 1.54) is 0 Å². The number of aliphatic hydroxyl groups excluding tert-OH is 1. The highest BCUT2D eigenvalue weighted by molar-refractivity contribution is 5.97. The molecule has 0 bridgehead atoms. The van der Waals surface area contributed by atoms with Crippen molar-refractivity contribution in [3.63, 3.8) is 0 Å². The fourth-order valence-corrected chi connectivity index (χ4v) is 4.59. The summed E-state index contributed by atoms with van der Waals surface area (Å²) in [5.41, 5.74) is 5.55. The number of hydrogen-bond donors (Lipinski definition) is 2. The molecule has 2 aromatic carbocycles. The van der Waals surface area contributed by atoms with Gasteiger partial charge in [-0.3, -0.25) is 9.48 Å². The quantitative estimate of drug-likeness (QED) is 0.434. The lowest BCUT2D eigenvalue weighted by atomic mass is 10.0. The molecule has 2 heterocycles. The third kappa shape index (κ3) is 7.36. The molecule has 4 rings (SSSR count). The maximum Gasteiger partial charge on any atom is 0.252 e. The van der Waals surface area contributed by atoms with Crippen LogP contribution in [0.2, 0.25) is 0 Å². The Morgan fingerprint density at radius 3 is 2.47 bits per heavy atom. The molecule has 1 aromatic heterocycles. The smallest absolute Gasteiger partial charge is 0.252 e. The highest BCUT2D eigenvalue weighted by atomic mass is 16.5. The second-order valence-electron chi connectivity index (χ2n) is 9.38. The minimum absolute atomic E-state index is 0.0676. The summed E-state index contributed by atoms with van der Waals surface area (Å²) in [5.74, 6) is 0.546. The monoisotopic (exact) mass is 521 g/mol. The molecule has 0 saturated carbocycles. The highest BCUT2D eigenvalue weighted by Crippen LogP contribution is 2.29. The fraction of sp³-hybridized carbons (Fsp3) is 0.467. The molecule has 0 radical (unpaired) electrons. The van der Waals surface area contributed by atoms with Crippen LogP contribution in [0.1, 0.15) is 55.2 Å². The Balaban J connectivity index is 0.00000195. The molecule has 0 spiro atoms. The third-order valence-electron chi connectivity index (χ3n) is 6.83. The summed E-state index contributed by atoms with van der Waals surface area (Å²) in [7, 11) is 1.87. The van der Waals surface area contributed by atoms with E-state index in [2.05, 4.69) is 33.2 Å². The van der Waals surface area contributed by atoms with E-state index in [4.69, 9.17) is 4.74 Å². The maximum absolute atomic E-state index is 13.4. The van der Waals surface area contributed by atoms with Gasteiger partial charge >= 0.3 is 0 Å². The normalized spacial score (nSPS) is 14.4. The van der Waals surface area contributed by atoms with Crippen LogP contribution in [0.5, 0.6) is 5.75 Å². The second-order valence-corrected chi connectivity index (χ2v) is 9.38. The number of rotatable bonds is 9. The Bertz CT molecular complexity index is 1180. The molecule has 1 amide bonds. The Morgan fingerprint density at radius 2 is 1.84 bits per heavy atom. The van der Waals surface area contributed by atoms with E-state index >= 15 is 0 Å². The van der Waals surface area contributed by atoms with Gasteiger partial charge in [0.1, 0.15) is 12.4 Å². The summed E-state index contributed by atoms with van der Waals surface area (Å²) in [4.78, 5) is 18.2. The molecule has 38 heavy (non-hydrogen) atoms. The van der Waals surface area contributed by atoms with E-state index < -0.39 is 0 Å². The van der Waals surface area contributed by atoms with Gasteiger partial charge in [0, 0.05) is 56.2 Å².